The van der Waals surface area contributed by atoms with Crippen molar-refractivity contribution in [2.24, 2.45) is 11.5 Å². The number of aliphatic hydroxyl groups excluding tert-OH is 2. The Morgan fingerprint density at radius 3 is 2.27 bits per heavy atom. The molecular weight excluding hydrogens is 438 g/mol. The number of hydrogen-bond donors (Lipinski definition) is 9. The van der Waals surface area contributed by atoms with Crippen LogP contribution in [-0.2, 0) is 25.6 Å². The minimum atomic E-state index is -1.56. The van der Waals surface area contributed by atoms with E-state index in [2.05, 4.69) is 25.9 Å². The molecule has 0 spiro atoms. The van der Waals surface area contributed by atoms with Gasteiger partial charge in [0, 0.05) is 18.3 Å². The molecule has 33 heavy (non-hydrogen) atoms. The van der Waals surface area contributed by atoms with Crippen molar-refractivity contribution in [1.82, 2.24) is 25.9 Å². The third kappa shape index (κ3) is 9.53. The number of nitrogens with zero attached hydrogens (tertiary/aromatic N) is 1. The van der Waals surface area contributed by atoms with Crippen molar-refractivity contribution in [3.8, 4) is 0 Å². The number of carboxylic acids is 1. The van der Waals surface area contributed by atoms with Gasteiger partial charge in [-0.2, -0.15) is 0 Å². The lowest BCUT2D eigenvalue weighted by Gasteiger charge is -2.26. The van der Waals surface area contributed by atoms with Gasteiger partial charge >= 0.3 is 5.97 Å². The number of H-pyrrole nitrogens is 1. The second kappa shape index (κ2) is 14.2. The first-order chi connectivity index (χ1) is 15.6. The van der Waals surface area contributed by atoms with Crippen molar-refractivity contribution in [2.75, 3.05) is 13.2 Å². The van der Waals surface area contributed by atoms with Gasteiger partial charge in [0.25, 0.3) is 0 Å². The summed E-state index contributed by atoms with van der Waals surface area (Å²) < 4.78 is 0. The minimum absolute atomic E-state index is 0.113. The van der Waals surface area contributed by atoms with E-state index in [1.807, 2.05) is 0 Å². The molecule has 0 fully saturated rings. The first-order valence-corrected chi connectivity index (χ1v) is 10.5. The number of imidazole rings is 1. The number of unbranched alkanes of at least 4 members (excludes halogenated alkanes) is 1. The van der Waals surface area contributed by atoms with Gasteiger partial charge in [-0.15, -0.1) is 0 Å². The van der Waals surface area contributed by atoms with E-state index < -0.39 is 60.6 Å². The Bertz CT molecular complexity index is 773. The zero-order valence-corrected chi connectivity index (χ0v) is 18.4. The van der Waals surface area contributed by atoms with Crippen LogP contribution in [0.25, 0.3) is 0 Å². The van der Waals surface area contributed by atoms with Crippen LogP contribution in [0, 0.1) is 0 Å². The predicted octanol–water partition coefficient (Wildman–Crippen LogP) is -3.68. The Kier molecular flexibility index (Phi) is 12.0. The number of aromatic amines is 1. The highest BCUT2D eigenvalue weighted by Gasteiger charge is 2.32. The van der Waals surface area contributed by atoms with Crippen molar-refractivity contribution >= 4 is 23.7 Å². The molecule has 3 amide bonds. The van der Waals surface area contributed by atoms with Crippen LogP contribution in [0.3, 0.4) is 0 Å². The largest absolute Gasteiger partial charge is 0.480 e. The minimum Gasteiger partial charge on any atom is -0.480 e. The zero-order chi connectivity index (χ0) is 25.0. The molecule has 5 unspecified atom stereocenters. The van der Waals surface area contributed by atoms with Gasteiger partial charge in [-0.25, -0.2) is 9.78 Å². The molecule has 186 valence electrons. The number of aliphatic carboxylic acids is 1. The van der Waals surface area contributed by atoms with E-state index in [0.717, 1.165) is 0 Å². The summed E-state index contributed by atoms with van der Waals surface area (Å²) in [5.74, 6) is -3.86. The average molecular weight is 472 g/mol. The van der Waals surface area contributed by atoms with Crippen molar-refractivity contribution in [3.05, 3.63) is 18.2 Å². The molecule has 0 radical (unpaired) electrons. The van der Waals surface area contributed by atoms with E-state index >= 15 is 0 Å². The maximum absolute atomic E-state index is 12.8. The van der Waals surface area contributed by atoms with Gasteiger partial charge < -0.3 is 47.7 Å². The van der Waals surface area contributed by atoms with Gasteiger partial charge in [0.2, 0.25) is 17.7 Å². The standard InChI is InChI=1S/C19H33N7O7/c1-10(28)15(26-16(29)12(21)6-11-7-22-9-23-11)18(31)24-13(4-2-3-5-20)17(30)25-14(8-27)19(32)33/h7,9-10,12-15,27-28H,2-6,8,20-21H2,1H3,(H,22,23)(H,24,31)(H,25,30)(H,26,29)(H,32,33). The topological polar surface area (TPSA) is 246 Å². The fraction of sp³-hybridized carbons (Fsp3) is 0.632. The maximum atomic E-state index is 12.8. The Morgan fingerprint density at radius 2 is 1.76 bits per heavy atom. The van der Waals surface area contributed by atoms with Crippen LogP contribution >= 0.6 is 0 Å². The Hall–Kier alpha value is -3.07. The molecule has 5 atom stereocenters. The molecule has 0 saturated heterocycles. The summed E-state index contributed by atoms with van der Waals surface area (Å²) in [7, 11) is 0. The molecule has 14 nitrogen and oxygen atoms in total. The van der Waals surface area contributed by atoms with Crippen molar-refractivity contribution in [1.29, 1.82) is 0 Å². The van der Waals surface area contributed by atoms with Gasteiger partial charge in [0.15, 0.2) is 0 Å². The molecule has 1 heterocycles. The quantitative estimate of drug-likeness (QED) is 0.113. The highest BCUT2D eigenvalue weighted by molar-refractivity contribution is 5.94. The second-order valence-electron chi connectivity index (χ2n) is 7.54. The summed E-state index contributed by atoms with van der Waals surface area (Å²) >= 11 is 0. The van der Waals surface area contributed by atoms with Crippen molar-refractivity contribution in [3.63, 3.8) is 0 Å². The Labute approximate surface area is 190 Å². The van der Waals surface area contributed by atoms with E-state index in [-0.39, 0.29) is 12.8 Å². The number of hydrogen-bond acceptors (Lipinski definition) is 9. The van der Waals surface area contributed by atoms with Crippen LogP contribution in [0.5, 0.6) is 0 Å². The lowest BCUT2D eigenvalue weighted by Crippen LogP contribution is -2.60. The molecule has 0 bridgehead atoms. The lowest BCUT2D eigenvalue weighted by atomic mass is 10.1. The SMILES string of the molecule is CC(O)C(NC(=O)C(N)Cc1cnc[nH]1)C(=O)NC(CCCCN)C(=O)NC(CO)C(=O)O. The molecule has 0 aromatic carbocycles. The summed E-state index contributed by atoms with van der Waals surface area (Å²) in [5.41, 5.74) is 11.9. The van der Waals surface area contributed by atoms with E-state index in [1.54, 1.807) is 0 Å². The summed E-state index contributed by atoms with van der Waals surface area (Å²) in [6, 6.07) is -5.21. The van der Waals surface area contributed by atoms with E-state index in [9.17, 15) is 24.3 Å². The first kappa shape index (κ1) is 28.0. The molecular formula is C19H33N7O7. The van der Waals surface area contributed by atoms with Crippen molar-refractivity contribution < 1.29 is 34.5 Å². The lowest BCUT2D eigenvalue weighted by molar-refractivity contribution is -0.143. The molecule has 0 saturated carbocycles. The van der Waals surface area contributed by atoms with Crippen LogP contribution in [0.1, 0.15) is 31.9 Å². The van der Waals surface area contributed by atoms with Gasteiger partial charge in [-0.05, 0) is 32.7 Å². The number of aliphatic hydroxyl groups is 2. The summed E-state index contributed by atoms with van der Waals surface area (Å²) in [4.78, 5) is 55.5. The van der Waals surface area contributed by atoms with Crippen LogP contribution < -0.4 is 27.4 Å². The first-order valence-electron chi connectivity index (χ1n) is 10.5. The van der Waals surface area contributed by atoms with Gasteiger partial charge in [0.1, 0.15) is 18.1 Å². The smallest absolute Gasteiger partial charge is 0.328 e. The van der Waals surface area contributed by atoms with Crippen LogP contribution in [-0.4, -0.2) is 92.4 Å². The fourth-order valence-electron chi connectivity index (χ4n) is 2.87. The van der Waals surface area contributed by atoms with Crippen LogP contribution in [0.15, 0.2) is 12.5 Å². The molecule has 1 aromatic rings. The summed E-state index contributed by atoms with van der Waals surface area (Å²) in [5, 5.41) is 35.1. The van der Waals surface area contributed by atoms with Gasteiger partial charge in [-0.1, -0.05) is 0 Å². The normalized spacial score (nSPS) is 15.5. The average Bonchev–Trinajstić information content (AvgIpc) is 3.27. The molecule has 14 heteroatoms. The number of carbonyl (C=O) groups is 4. The number of carbonyl (C=O) groups excluding carboxylic acids is 3. The molecule has 1 rings (SSSR count). The monoisotopic (exact) mass is 471 g/mol. The van der Waals surface area contributed by atoms with Gasteiger partial charge in [-0.3, -0.25) is 14.4 Å². The third-order valence-electron chi connectivity index (χ3n) is 4.77. The number of nitrogens with two attached hydrogens (primary N) is 2. The zero-order valence-electron chi connectivity index (χ0n) is 18.4. The van der Waals surface area contributed by atoms with E-state index in [1.165, 1.54) is 19.4 Å². The highest BCUT2D eigenvalue weighted by Crippen LogP contribution is 2.05. The number of rotatable bonds is 15. The molecule has 1 aromatic heterocycles. The molecule has 0 aliphatic carbocycles. The highest BCUT2D eigenvalue weighted by atomic mass is 16.4. The predicted molar refractivity (Wildman–Crippen MR) is 115 cm³/mol. The number of nitrogens with one attached hydrogen (secondary N) is 4. The Morgan fingerprint density at radius 1 is 1.09 bits per heavy atom. The van der Waals surface area contributed by atoms with Gasteiger partial charge in [0.05, 0.1) is 25.1 Å². The molecule has 0 aliphatic rings. The van der Waals surface area contributed by atoms with Crippen LogP contribution in [0.2, 0.25) is 0 Å². The fourth-order valence-corrected chi connectivity index (χ4v) is 2.87. The second-order valence-corrected chi connectivity index (χ2v) is 7.54. The van der Waals surface area contributed by atoms with Crippen molar-refractivity contribution in [2.45, 2.75) is 62.9 Å². The van der Waals surface area contributed by atoms with E-state index in [0.29, 0.717) is 25.1 Å². The number of carboxylic acid groups (broad SMARTS) is 1. The number of amides is 3. The van der Waals surface area contributed by atoms with E-state index in [4.69, 9.17) is 21.7 Å². The third-order valence-corrected chi connectivity index (χ3v) is 4.77. The van der Waals surface area contributed by atoms with Crippen LogP contribution in [0.4, 0.5) is 0 Å². The summed E-state index contributed by atoms with van der Waals surface area (Å²) in [6.07, 6.45) is 2.80. The Balaban J connectivity index is 2.86. The molecule has 11 N–H and O–H groups in total. The number of aromatic nitrogens is 2. The molecule has 0 aliphatic heterocycles. The maximum Gasteiger partial charge on any atom is 0.328 e. The summed E-state index contributed by atoms with van der Waals surface area (Å²) in [6.45, 7) is 0.781.